The van der Waals surface area contributed by atoms with E-state index >= 15 is 0 Å². The van der Waals surface area contributed by atoms with Gasteiger partial charge in [-0.1, -0.05) is 66.2 Å². The number of fused-ring (bicyclic) bond motifs is 2. The van der Waals surface area contributed by atoms with Crippen molar-refractivity contribution in [3.05, 3.63) is 104 Å². The highest BCUT2D eigenvalue weighted by Gasteiger charge is 2.44. The van der Waals surface area contributed by atoms with E-state index in [1.807, 2.05) is 101 Å². The summed E-state index contributed by atoms with van der Waals surface area (Å²) in [7, 11) is -3.75. The van der Waals surface area contributed by atoms with E-state index in [2.05, 4.69) is 17.2 Å². The van der Waals surface area contributed by atoms with Crippen molar-refractivity contribution in [3.8, 4) is 0 Å². The maximum atomic E-state index is 14.0. The Labute approximate surface area is 287 Å². The molecule has 6 rings (SSSR count). The van der Waals surface area contributed by atoms with Gasteiger partial charge in [-0.25, -0.2) is 18.1 Å². The van der Waals surface area contributed by atoms with Crippen LogP contribution < -0.4 is 0 Å². The summed E-state index contributed by atoms with van der Waals surface area (Å²) < 4.78 is 37.4. The molecule has 0 fully saturated rings. The number of rotatable bonds is 9. The molecule has 1 aliphatic rings. The molecule has 9 nitrogen and oxygen atoms in total. The zero-order valence-electron chi connectivity index (χ0n) is 28.6. The van der Waals surface area contributed by atoms with E-state index in [0.29, 0.717) is 30.1 Å². The van der Waals surface area contributed by atoms with E-state index in [-0.39, 0.29) is 25.0 Å². The Kier molecular flexibility index (Phi) is 9.32. The summed E-state index contributed by atoms with van der Waals surface area (Å²) in [6.45, 7) is 15.3. The summed E-state index contributed by atoms with van der Waals surface area (Å²) >= 11 is 1.50. The normalized spacial score (nSPS) is 17.2. The van der Waals surface area contributed by atoms with Crippen LogP contribution in [0.25, 0.3) is 11.0 Å². The second-order valence-corrected chi connectivity index (χ2v) is 16.7. The van der Waals surface area contributed by atoms with Crippen LogP contribution in [-0.2, 0) is 45.7 Å². The zero-order chi connectivity index (χ0) is 34.4. The molecule has 0 saturated heterocycles. The Morgan fingerprint density at radius 2 is 1.83 bits per heavy atom. The number of ether oxygens (including phenoxy) is 1. The van der Waals surface area contributed by atoms with E-state index in [9.17, 15) is 13.2 Å². The van der Waals surface area contributed by atoms with Crippen LogP contribution in [0.15, 0.2) is 65.6 Å². The van der Waals surface area contributed by atoms with E-state index in [0.717, 1.165) is 48.7 Å². The van der Waals surface area contributed by atoms with Gasteiger partial charge in [0, 0.05) is 18.0 Å². The van der Waals surface area contributed by atoms with Gasteiger partial charge in [0.25, 0.3) is 0 Å². The van der Waals surface area contributed by atoms with Gasteiger partial charge in [-0.15, -0.1) is 16.4 Å². The fourth-order valence-corrected chi connectivity index (χ4v) is 9.74. The zero-order valence-corrected chi connectivity index (χ0v) is 30.3. The van der Waals surface area contributed by atoms with E-state index in [1.54, 1.807) is 10.4 Å². The molecule has 1 aliphatic heterocycles. The van der Waals surface area contributed by atoms with Gasteiger partial charge in [-0.05, 0) is 88.3 Å². The van der Waals surface area contributed by atoms with E-state index in [4.69, 9.17) is 9.72 Å². The molecule has 2 aromatic heterocycles. The van der Waals surface area contributed by atoms with Crippen LogP contribution in [-0.4, -0.2) is 45.2 Å². The molecule has 0 amide bonds. The third-order valence-electron chi connectivity index (χ3n) is 9.45. The lowest BCUT2D eigenvalue weighted by Crippen LogP contribution is -2.35. The highest BCUT2D eigenvalue weighted by Crippen LogP contribution is 2.46. The average Bonchev–Trinajstić information content (AvgIpc) is 3.61. The van der Waals surface area contributed by atoms with Crippen LogP contribution in [0.2, 0.25) is 0 Å². The average molecular weight is 686 g/mol. The molecule has 3 aromatic carbocycles. The lowest BCUT2D eigenvalue weighted by molar-refractivity contribution is -0.156. The molecule has 0 bridgehead atoms. The third-order valence-corrected chi connectivity index (χ3v) is 12.4. The van der Waals surface area contributed by atoms with E-state index in [1.165, 1.54) is 11.3 Å². The monoisotopic (exact) mass is 685 g/mol. The van der Waals surface area contributed by atoms with E-state index < -0.39 is 21.4 Å². The fraction of sp³-hybridized carbons (Fsp3) is 0.405. The molecule has 0 N–H and O–H groups in total. The SMILES string of the molecule is CCn1nnc2c(C)c([C@H](c3nc(CN4C[C@@H](C)Cc5cc(C)ccc5S4(=O)=O)c(C)s3)C(C)(C)C(=O)OCc3ccccc3)ccc21. The Morgan fingerprint density at radius 1 is 1.08 bits per heavy atom. The molecule has 0 radical (unpaired) electrons. The third kappa shape index (κ3) is 6.31. The van der Waals surface area contributed by atoms with Crippen molar-refractivity contribution in [3.63, 3.8) is 0 Å². The first-order valence-corrected chi connectivity index (χ1v) is 18.7. The fourth-order valence-electron chi connectivity index (χ4n) is 6.77. The first-order valence-electron chi connectivity index (χ1n) is 16.4. The summed E-state index contributed by atoms with van der Waals surface area (Å²) in [6, 6.07) is 19.3. The minimum absolute atomic E-state index is 0.137. The van der Waals surface area contributed by atoms with Crippen molar-refractivity contribution in [1.82, 2.24) is 24.3 Å². The summed E-state index contributed by atoms with van der Waals surface area (Å²) in [4.78, 5) is 20.4. The summed E-state index contributed by atoms with van der Waals surface area (Å²) in [5.74, 6) is -0.700. The minimum Gasteiger partial charge on any atom is -0.460 e. The van der Waals surface area contributed by atoms with Gasteiger partial charge in [0.15, 0.2) is 0 Å². The van der Waals surface area contributed by atoms with Gasteiger partial charge in [0.2, 0.25) is 10.0 Å². The number of carbonyl (C=O) groups excluding carboxylic acids is 1. The molecule has 2 atom stereocenters. The highest BCUT2D eigenvalue weighted by molar-refractivity contribution is 7.89. The van der Waals surface area contributed by atoms with Crippen LogP contribution >= 0.6 is 11.3 Å². The number of benzene rings is 3. The van der Waals surface area contributed by atoms with Crippen molar-refractivity contribution in [2.45, 2.75) is 85.4 Å². The largest absolute Gasteiger partial charge is 0.460 e. The smallest absolute Gasteiger partial charge is 0.312 e. The van der Waals surface area contributed by atoms with Gasteiger partial charge >= 0.3 is 5.97 Å². The lowest BCUT2D eigenvalue weighted by Gasteiger charge is -2.32. The second kappa shape index (κ2) is 13.2. The van der Waals surface area contributed by atoms with Crippen LogP contribution in [0.1, 0.15) is 77.0 Å². The number of hydrogen-bond acceptors (Lipinski definition) is 8. The first kappa shape index (κ1) is 34.0. The van der Waals surface area contributed by atoms with Crippen LogP contribution in [0.4, 0.5) is 0 Å². The minimum atomic E-state index is -3.75. The highest BCUT2D eigenvalue weighted by atomic mass is 32.2. The van der Waals surface area contributed by atoms with Crippen molar-refractivity contribution in [2.75, 3.05) is 6.54 Å². The molecule has 0 unspecified atom stereocenters. The van der Waals surface area contributed by atoms with Crippen LogP contribution in [0, 0.1) is 32.1 Å². The molecule has 11 heteroatoms. The number of sulfonamides is 1. The molecule has 3 heterocycles. The van der Waals surface area contributed by atoms with Crippen molar-refractivity contribution >= 4 is 38.4 Å². The maximum Gasteiger partial charge on any atom is 0.312 e. The molecule has 0 saturated carbocycles. The number of carbonyl (C=O) groups is 1. The quantitative estimate of drug-likeness (QED) is 0.152. The predicted molar refractivity (Wildman–Crippen MR) is 188 cm³/mol. The number of hydrogen-bond donors (Lipinski definition) is 0. The second-order valence-electron chi connectivity index (χ2n) is 13.5. The molecule has 5 aromatic rings. The Morgan fingerprint density at radius 3 is 2.56 bits per heavy atom. The number of aromatic nitrogens is 4. The van der Waals surface area contributed by atoms with Gasteiger partial charge in [0.05, 0.1) is 34.0 Å². The first-order chi connectivity index (χ1) is 22.8. The van der Waals surface area contributed by atoms with Gasteiger partial charge in [0.1, 0.15) is 17.1 Å². The topological polar surface area (TPSA) is 107 Å². The summed E-state index contributed by atoms with van der Waals surface area (Å²) in [5.41, 5.74) is 6.01. The van der Waals surface area contributed by atoms with Crippen LogP contribution in [0.3, 0.4) is 0 Å². The number of esters is 1. The maximum absolute atomic E-state index is 14.0. The molecule has 0 aliphatic carbocycles. The Hall–Kier alpha value is -3.93. The van der Waals surface area contributed by atoms with Crippen LogP contribution in [0.5, 0.6) is 0 Å². The van der Waals surface area contributed by atoms with Crippen molar-refractivity contribution in [1.29, 1.82) is 0 Å². The number of thiazole rings is 1. The van der Waals surface area contributed by atoms with Gasteiger partial charge in [-0.3, -0.25) is 4.79 Å². The molecule has 0 spiro atoms. The number of aryl methyl sites for hydroxylation is 4. The van der Waals surface area contributed by atoms with Gasteiger partial charge < -0.3 is 4.74 Å². The summed E-state index contributed by atoms with van der Waals surface area (Å²) in [5, 5.41) is 9.56. The van der Waals surface area contributed by atoms with Crippen molar-refractivity contribution in [2.24, 2.45) is 11.3 Å². The molecular formula is C37H43N5O4S2. The van der Waals surface area contributed by atoms with Crippen molar-refractivity contribution < 1.29 is 17.9 Å². The molecular weight excluding hydrogens is 643 g/mol. The Balaban J connectivity index is 1.40. The molecule has 48 heavy (non-hydrogen) atoms. The Bertz CT molecular complexity index is 2090. The lowest BCUT2D eigenvalue weighted by atomic mass is 9.73. The number of nitrogens with zero attached hydrogens (tertiary/aromatic N) is 5. The summed E-state index contributed by atoms with van der Waals surface area (Å²) in [6.07, 6.45) is 0.694. The molecule has 252 valence electrons. The van der Waals surface area contributed by atoms with Gasteiger partial charge in [-0.2, -0.15) is 4.31 Å². The standard InChI is InChI=1S/C37H43N5O4S2/c1-8-42-31-16-15-29(25(4)34(31)39-40-42)33(37(6,7)36(43)46-22-27-12-10-9-11-13-27)35-38-30(26(5)47-35)21-41-20-24(3)19-28-18-23(2)14-17-32(28)48(41,44)45/h9-18,24,33H,8,19-22H2,1-7H3/t24-,33+/m0/s1. The predicted octanol–water partition coefficient (Wildman–Crippen LogP) is 7.12.